The van der Waals surface area contributed by atoms with Gasteiger partial charge in [0.1, 0.15) is 0 Å². The van der Waals surface area contributed by atoms with Crippen LogP contribution in [-0.2, 0) is 12.0 Å². The predicted octanol–water partition coefficient (Wildman–Crippen LogP) is 2.69. The fourth-order valence-corrected chi connectivity index (χ4v) is 1.20. The highest BCUT2D eigenvalue weighted by atomic mass is 19.3. The van der Waals surface area contributed by atoms with E-state index in [2.05, 4.69) is 0 Å². The first-order chi connectivity index (χ1) is 6.48. The first-order valence-electron chi connectivity index (χ1n) is 4.56. The smallest absolute Gasteiger partial charge is 0.247 e. The van der Waals surface area contributed by atoms with Gasteiger partial charge in [-0.25, -0.2) is 8.78 Å². The van der Waals surface area contributed by atoms with Crippen LogP contribution < -0.4 is 5.73 Å². The molecule has 0 atom stereocenters. The summed E-state index contributed by atoms with van der Waals surface area (Å²) in [6.07, 6.45) is -2.36. The fraction of sp³-hybridized carbons (Fsp3) is 0.455. The molecular formula is C11H15F2N. The van der Waals surface area contributed by atoms with E-state index in [0.29, 0.717) is 12.1 Å². The maximum absolute atomic E-state index is 12.7. The first-order valence-corrected chi connectivity index (χ1v) is 4.56. The van der Waals surface area contributed by atoms with E-state index in [-0.39, 0.29) is 0 Å². The number of hydrogen-bond acceptors (Lipinski definition) is 1. The molecule has 0 saturated carbocycles. The van der Waals surface area contributed by atoms with Crippen molar-refractivity contribution in [2.75, 3.05) is 0 Å². The van der Waals surface area contributed by atoms with Crippen molar-refractivity contribution in [3.8, 4) is 0 Å². The Bertz CT molecular complexity index is 291. The molecule has 0 aliphatic rings. The van der Waals surface area contributed by atoms with Crippen LogP contribution in [-0.4, -0.2) is 6.43 Å². The van der Waals surface area contributed by atoms with Gasteiger partial charge in [-0.1, -0.05) is 38.1 Å². The van der Waals surface area contributed by atoms with Crippen molar-refractivity contribution in [3.63, 3.8) is 0 Å². The van der Waals surface area contributed by atoms with E-state index in [4.69, 9.17) is 5.73 Å². The molecule has 1 nitrogen and oxygen atoms in total. The van der Waals surface area contributed by atoms with Gasteiger partial charge in [0.05, 0.1) is 5.41 Å². The zero-order valence-electron chi connectivity index (χ0n) is 8.43. The van der Waals surface area contributed by atoms with Crippen LogP contribution in [0.2, 0.25) is 0 Å². The molecule has 1 aromatic carbocycles. The molecule has 3 heteroatoms. The second-order valence-electron chi connectivity index (χ2n) is 3.92. The summed E-state index contributed by atoms with van der Waals surface area (Å²) >= 11 is 0. The Morgan fingerprint density at radius 1 is 1.21 bits per heavy atom. The van der Waals surface area contributed by atoms with Gasteiger partial charge in [-0.05, 0) is 11.1 Å². The quantitative estimate of drug-likeness (QED) is 0.795. The topological polar surface area (TPSA) is 26.0 Å². The lowest BCUT2D eigenvalue weighted by Crippen LogP contribution is -2.26. The van der Waals surface area contributed by atoms with Crippen molar-refractivity contribution in [2.45, 2.75) is 32.2 Å². The summed E-state index contributed by atoms with van der Waals surface area (Å²) in [5.74, 6) is 0. The fourth-order valence-electron chi connectivity index (χ4n) is 1.20. The molecule has 0 amide bonds. The van der Waals surface area contributed by atoms with Crippen LogP contribution in [0.1, 0.15) is 25.0 Å². The van der Waals surface area contributed by atoms with Gasteiger partial charge in [-0.2, -0.15) is 0 Å². The number of hydrogen-bond donors (Lipinski definition) is 1. The monoisotopic (exact) mass is 199 g/mol. The van der Waals surface area contributed by atoms with E-state index in [1.807, 2.05) is 0 Å². The Morgan fingerprint density at radius 2 is 1.71 bits per heavy atom. The van der Waals surface area contributed by atoms with Crippen molar-refractivity contribution >= 4 is 0 Å². The van der Waals surface area contributed by atoms with Gasteiger partial charge in [-0.3, -0.25) is 0 Å². The minimum atomic E-state index is -2.36. The van der Waals surface area contributed by atoms with Crippen molar-refractivity contribution < 1.29 is 8.78 Å². The zero-order valence-corrected chi connectivity index (χ0v) is 8.43. The van der Waals surface area contributed by atoms with E-state index in [9.17, 15) is 8.78 Å². The van der Waals surface area contributed by atoms with Crippen molar-refractivity contribution in [2.24, 2.45) is 5.73 Å². The first kappa shape index (κ1) is 11.1. The highest BCUT2D eigenvalue weighted by Gasteiger charge is 2.31. The number of halogens is 2. The van der Waals surface area contributed by atoms with Gasteiger partial charge >= 0.3 is 0 Å². The Labute approximate surface area is 82.9 Å². The molecule has 1 rings (SSSR count). The van der Waals surface area contributed by atoms with Gasteiger partial charge in [0.25, 0.3) is 0 Å². The number of benzene rings is 1. The van der Waals surface area contributed by atoms with E-state index < -0.39 is 11.8 Å². The van der Waals surface area contributed by atoms with Crippen LogP contribution in [0, 0.1) is 0 Å². The summed E-state index contributed by atoms with van der Waals surface area (Å²) in [7, 11) is 0. The third-order valence-corrected chi connectivity index (χ3v) is 2.48. The largest absolute Gasteiger partial charge is 0.326 e. The minimum Gasteiger partial charge on any atom is -0.326 e. The molecule has 0 saturated heterocycles. The highest BCUT2D eigenvalue weighted by Crippen LogP contribution is 2.30. The van der Waals surface area contributed by atoms with E-state index in [0.717, 1.165) is 5.56 Å². The molecule has 0 aliphatic carbocycles. The summed E-state index contributed by atoms with van der Waals surface area (Å²) in [4.78, 5) is 0. The lowest BCUT2D eigenvalue weighted by Gasteiger charge is -2.24. The van der Waals surface area contributed by atoms with Crippen molar-refractivity contribution in [1.29, 1.82) is 0 Å². The molecule has 1 aromatic rings. The summed E-state index contributed by atoms with van der Waals surface area (Å²) in [6.45, 7) is 3.51. The second-order valence-corrected chi connectivity index (χ2v) is 3.92. The van der Waals surface area contributed by atoms with Crippen LogP contribution in [0.25, 0.3) is 0 Å². The van der Waals surface area contributed by atoms with E-state index >= 15 is 0 Å². The van der Waals surface area contributed by atoms with Crippen LogP contribution >= 0.6 is 0 Å². The maximum Gasteiger partial charge on any atom is 0.247 e. The van der Waals surface area contributed by atoms with Crippen molar-refractivity contribution in [3.05, 3.63) is 35.4 Å². The normalized spacial score (nSPS) is 12.1. The molecule has 14 heavy (non-hydrogen) atoms. The van der Waals surface area contributed by atoms with Gasteiger partial charge < -0.3 is 5.73 Å². The minimum absolute atomic E-state index is 0.440. The lowest BCUT2D eigenvalue weighted by molar-refractivity contribution is 0.0694. The Hall–Kier alpha value is -0.960. The van der Waals surface area contributed by atoms with Crippen LogP contribution in [0.3, 0.4) is 0 Å². The Balaban J connectivity index is 2.97. The van der Waals surface area contributed by atoms with Gasteiger partial charge in [0.15, 0.2) is 0 Å². The predicted molar refractivity (Wildman–Crippen MR) is 53.4 cm³/mol. The van der Waals surface area contributed by atoms with E-state index in [1.165, 1.54) is 13.8 Å². The highest BCUT2D eigenvalue weighted by molar-refractivity contribution is 5.28. The zero-order chi connectivity index (χ0) is 10.8. The molecule has 0 heterocycles. The SMILES string of the molecule is CC(C)(c1ccc(CN)cc1)C(F)F. The Morgan fingerprint density at radius 3 is 2.07 bits per heavy atom. The lowest BCUT2D eigenvalue weighted by atomic mass is 9.85. The Kier molecular flexibility index (Phi) is 3.21. The van der Waals surface area contributed by atoms with E-state index in [1.54, 1.807) is 24.3 Å². The second kappa shape index (κ2) is 4.05. The molecule has 78 valence electrons. The van der Waals surface area contributed by atoms with Gasteiger partial charge in [0, 0.05) is 6.54 Å². The summed E-state index contributed by atoms with van der Waals surface area (Å²) in [5, 5.41) is 0. The average Bonchev–Trinajstić information content (AvgIpc) is 2.17. The van der Waals surface area contributed by atoms with Gasteiger partial charge in [-0.15, -0.1) is 0 Å². The molecule has 2 N–H and O–H groups in total. The molecule has 0 fully saturated rings. The summed E-state index contributed by atoms with van der Waals surface area (Å²) < 4.78 is 25.3. The summed E-state index contributed by atoms with van der Waals surface area (Å²) in [5.41, 5.74) is 5.93. The molecule has 0 aliphatic heterocycles. The summed E-state index contributed by atoms with van der Waals surface area (Å²) in [6, 6.07) is 7.02. The van der Waals surface area contributed by atoms with Crippen LogP contribution in [0.5, 0.6) is 0 Å². The number of alkyl halides is 2. The number of nitrogens with two attached hydrogens (primary N) is 1. The number of rotatable bonds is 3. The molecule has 0 radical (unpaired) electrons. The third-order valence-electron chi connectivity index (χ3n) is 2.48. The van der Waals surface area contributed by atoms with Gasteiger partial charge in [0.2, 0.25) is 6.43 Å². The molecule has 0 aromatic heterocycles. The molecular weight excluding hydrogens is 184 g/mol. The molecule has 0 spiro atoms. The standard InChI is InChI=1S/C11H15F2N/c1-11(2,10(12)13)9-5-3-8(7-14)4-6-9/h3-6,10H,7,14H2,1-2H3. The van der Waals surface area contributed by atoms with Crippen molar-refractivity contribution in [1.82, 2.24) is 0 Å². The average molecular weight is 199 g/mol. The molecule has 0 unspecified atom stereocenters. The maximum atomic E-state index is 12.7. The van der Waals surface area contributed by atoms with Crippen LogP contribution in [0.15, 0.2) is 24.3 Å². The molecule has 0 bridgehead atoms. The van der Waals surface area contributed by atoms with Crippen LogP contribution in [0.4, 0.5) is 8.78 Å². The third kappa shape index (κ3) is 2.10.